The maximum atomic E-state index is 13.3. The molecule has 1 aliphatic carbocycles. The van der Waals surface area contributed by atoms with Crippen LogP contribution in [0.5, 0.6) is 5.75 Å². The van der Waals surface area contributed by atoms with Crippen molar-refractivity contribution >= 4 is 16.8 Å². The molecule has 2 heterocycles. The fourth-order valence-corrected chi connectivity index (χ4v) is 4.07. The van der Waals surface area contributed by atoms with Crippen LogP contribution in [0.3, 0.4) is 0 Å². The van der Waals surface area contributed by atoms with Crippen LogP contribution in [0.1, 0.15) is 48.0 Å². The van der Waals surface area contributed by atoms with Crippen molar-refractivity contribution in [1.29, 1.82) is 0 Å². The van der Waals surface area contributed by atoms with Gasteiger partial charge in [-0.3, -0.25) is 14.6 Å². The number of nitrogens with zero attached hydrogens (tertiary/aromatic N) is 2. The summed E-state index contributed by atoms with van der Waals surface area (Å²) in [6, 6.07) is 11.1. The largest absolute Gasteiger partial charge is 0.497 e. The van der Waals surface area contributed by atoms with Gasteiger partial charge in [-0.2, -0.15) is 0 Å². The second-order valence-electron chi connectivity index (χ2n) is 7.54. The number of amides is 1. The van der Waals surface area contributed by atoms with E-state index in [1.165, 1.54) is 6.42 Å². The molecule has 0 saturated heterocycles. The maximum absolute atomic E-state index is 13.3. The van der Waals surface area contributed by atoms with Crippen LogP contribution in [0.2, 0.25) is 0 Å². The van der Waals surface area contributed by atoms with Crippen LogP contribution in [0, 0.1) is 0 Å². The van der Waals surface area contributed by atoms with Crippen molar-refractivity contribution in [3.8, 4) is 5.75 Å². The third kappa shape index (κ3) is 4.16. The summed E-state index contributed by atoms with van der Waals surface area (Å²) in [6.45, 7) is 0.295. The van der Waals surface area contributed by atoms with Crippen molar-refractivity contribution in [2.45, 2.75) is 44.7 Å². The molecule has 0 spiro atoms. The fraction of sp³-hybridized carbons (Fsp3) is 0.348. The number of nitrogens with one attached hydrogen (secondary N) is 1. The van der Waals surface area contributed by atoms with Crippen LogP contribution >= 0.6 is 0 Å². The smallest absolute Gasteiger partial charge is 0.254 e. The molecule has 0 aliphatic heterocycles. The van der Waals surface area contributed by atoms with E-state index in [1.807, 2.05) is 29.2 Å². The number of pyridine rings is 2. The Labute approximate surface area is 169 Å². The number of aromatic amines is 1. The van der Waals surface area contributed by atoms with Crippen molar-refractivity contribution in [1.82, 2.24) is 14.9 Å². The summed E-state index contributed by atoms with van der Waals surface area (Å²) in [5.74, 6) is 0.645. The maximum Gasteiger partial charge on any atom is 0.254 e. The third-order valence-electron chi connectivity index (χ3n) is 5.67. The number of H-pyrrole nitrogens is 1. The number of carbonyl (C=O) groups is 1. The van der Waals surface area contributed by atoms with Crippen molar-refractivity contribution in [3.63, 3.8) is 0 Å². The first-order valence-corrected chi connectivity index (χ1v) is 10.1. The molecule has 29 heavy (non-hydrogen) atoms. The van der Waals surface area contributed by atoms with Crippen molar-refractivity contribution in [2.24, 2.45) is 0 Å². The second kappa shape index (κ2) is 8.47. The number of rotatable bonds is 5. The molecule has 2 aromatic heterocycles. The number of hydrogen-bond donors (Lipinski definition) is 1. The van der Waals surface area contributed by atoms with Gasteiger partial charge in [0.1, 0.15) is 5.75 Å². The van der Waals surface area contributed by atoms with E-state index in [4.69, 9.17) is 4.74 Å². The minimum Gasteiger partial charge on any atom is -0.497 e. The van der Waals surface area contributed by atoms with Gasteiger partial charge in [-0.1, -0.05) is 19.3 Å². The molecule has 0 unspecified atom stereocenters. The number of aromatic nitrogens is 2. The second-order valence-corrected chi connectivity index (χ2v) is 7.54. The summed E-state index contributed by atoms with van der Waals surface area (Å²) < 4.78 is 5.24. The Morgan fingerprint density at radius 1 is 1.14 bits per heavy atom. The van der Waals surface area contributed by atoms with Gasteiger partial charge in [0, 0.05) is 35.6 Å². The lowest BCUT2D eigenvalue weighted by atomic mass is 9.93. The number of hydrogen-bond acceptors (Lipinski definition) is 4. The Balaban J connectivity index is 1.69. The number of methoxy groups -OCH3 is 1. The zero-order valence-electron chi connectivity index (χ0n) is 16.6. The van der Waals surface area contributed by atoms with Crippen molar-refractivity contribution in [2.75, 3.05) is 7.11 Å². The van der Waals surface area contributed by atoms with E-state index in [1.54, 1.807) is 31.6 Å². The summed E-state index contributed by atoms with van der Waals surface area (Å²) >= 11 is 0. The first-order valence-electron chi connectivity index (χ1n) is 10.1. The molecule has 1 aromatic carbocycles. The number of ether oxygens (including phenoxy) is 1. The third-order valence-corrected chi connectivity index (χ3v) is 5.67. The molecule has 6 heteroatoms. The molecule has 0 bridgehead atoms. The average molecular weight is 391 g/mol. The van der Waals surface area contributed by atoms with Crippen LogP contribution in [0.25, 0.3) is 10.9 Å². The molecule has 1 aliphatic rings. The topological polar surface area (TPSA) is 75.3 Å². The highest BCUT2D eigenvalue weighted by Gasteiger charge is 2.27. The molecule has 6 nitrogen and oxygen atoms in total. The van der Waals surface area contributed by atoms with Crippen LogP contribution in [-0.4, -0.2) is 33.9 Å². The Morgan fingerprint density at radius 2 is 1.90 bits per heavy atom. The van der Waals surface area contributed by atoms with Crippen LogP contribution in [0.15, 0.2) is 53.6 Å². The molecule has 150 valence electrons. The standard InChI is InChI=1S/C23H25N3O3/c1-29-20-8-7-17-13-18(22(27)25-21(17)14-20)15-26(19-5-3-2-4-6-19)23(28)16-9-11-24-12-10-16/h7-14,19H,2-6,15H2,1H3,(H,25,27). The lowest BCUT2D eigenvalue weighted by molar-refractivity contribution is 0.0613. The normalized spacial score (nSPS) is 14.7. The van der Waals surface area contributed by atoms with Gasteiger partial charge in [0.05, 0.1) is 19.2 Å². The van der Waals surface area contributed by atoms with Gasteiger partial charge < -0.3 is 14.6 Å². The van der Waals surface area contributed by atoms with Gasteiger partial charge in [-0.25, -0.2) is 0 Å². The molecular formula is C23H25N3O3. The van der Waals surface area contributed by atoms with E-state index >= 15 is 0 Å². The predicted octanol–water partition coefficient (Wildman–Crippen LogP) is 3.91. The van der Waals surface area contributed by atoms with E-state index in [-0.39, 0.29) is 17.5 Å². The quantitative estimate of drug-likeness (QED) is 0.716. The molecule has 1 amide bonds. The Morgan fingerprint density at radius 3 is 2.62 bits per heavy atom. The summed E-state index contributed by atoms with van der Waals surface area (Å²) in [5, 5.41) is 0.917. The number of fused-ring (bicyclic) bond motifs is 1. The van der Waals surface area contributed by atoms with Gasteiger partial charge in [0.25, 0.3) is 11.5 Å². The van der Waals surface area contributed by atoms with Gasteiger partial charge in [-0.15, -0.1) is 0 Å². The van der Waals surface area contributed by atoms with Crippen LogP contribution in [-0.2, 0) is 6.54 Å². The minimum absolute atomic E-state index is 0.0477. The zero-order valence-corrected chi connectivity index (χ0v) is 16.6. The van der Waals surface area contributed by atoms with E-state index in [0.29, 0.717) is 23.4 Å². The highest BCUT2D eigenvalue weighted by molar-refractivity contribution is 5.94. The summed E-state index contributed by atoms with van der Waals surface area (Å²) in [4.78, 5) is 34.9. The molecule has 3 aromatic rings. The Kier molecular flexibility index (Phi) is 5.60. The molecule has 1 saturated carbocycles. The average Bonchev–Trinajstić information content (AvgIpc) is 2.78. The van der Waals surface area contributed by atoms with E-state index in [2.05, 4.69) is 9.97 Å². The lowest BCUT2D eigenvalue weighted by Gasteiger charge is -2.34. The molecule has 1 fully saturated rings. The van der Waals surface area contributed by atoms with E-state index in [0.717, 1.165) is 36.6 Å². The fourth-order valence-electron chi connectivity index (χ4n) is 4.07. The van der Waals surface area contributed by atoms with Gasteiger partial charge in [0.2, 0.25) is 0 Å². The monoisotopic (exact) mass is 391 g/mol. The van der Waals surface area contributed by atoms with E-state index < -0.39 is 0 Å². The number of benzene rings is 1. The summed E-state index contributed by atoms with van der Waals surface area (Å²) in [6.07, 6.45) is 8.62. The predicted molar refractivity (Wildman–Crippen MR) is 112 cm³/mol. The van der Waals surface area contributed by atoms with E-state index in [9.17, 15) is 9.59 Å². The molecule has 0 atom stereocenters. The van der Waals surface area contributed by atoms with Gasteiger partial charge in [0.15, 0.2) is 0 Å². The number of carbonyl (C=O) groups excluding carboxylic acids is 1. The Hall–Kier alpha value is -3.15. The summed E-state index contributed by atoms with van der Waals surface area (Å²) in [5.41, 5.74) is 1.75. The lowest BCUT2D eigenvalue weighted by Crippen LogP contribution is -2.42. The highest BCUT2D eigenvalue weighted by Crippen LogP contribution is 2.26. The first-order chi connectivity index (χ1) is 14.2. The molecular weight excluding hydrogens is 366 g/mol. The molecule has 0 radical (unpaired) electrons. The summed E-state index contributed by atoms with van der Waals surface area (Å²) in [7, 11) is 1.60. The van der Waals surface area contributed by atoms with Gasteiger partial charge >= 0.3 is 0 Å². The highest BCUT2D eigenvalue weighted by atomic mass is 16.5. The minimum atomic E-state index is -0.172. The molecule has 4 rings (SSSR count). The van der Waals surface area contributed by atoms with Gasteiger partial charge in [-0.05, 0) is 48.6 Å². The zero-order chi connectivity index (χ0) is 20.2. The Bertz CT molecular complexity index is 1060. The molecule has 1 N–H and O–H groups in total. The first kappa shape index (κ1) is 19.2. The van der Waals surface area contributed by atoms with Crippen LogP contribution in [0.4, 0.5) is 0 Å². The van der Waals surface area contributed by atoms with Crippen molar-refractivity contribution in [3.05, 3.63) is 70.3 Å². The van der Waals surface area contributed by atoms with Crippen LogP contribution < -0.4 is 10.3 Å². The SMILES string of the molecule is COc1ccc2cc(CN(C(=O)c3ccncc3)C3CCCCC3)c(=O)[nH]c2c1. The van der Waals surface area contributed by atoms with Crippen molar-refractivity contribution < 1.29 is 9.53 Å².